The maximum Gasteiger partial charge on any atom is 0.123 e. The van der Waals surface area contributed by atoms with Crippen LogP contribution in [-0.4, -0.2) is 4.98 Å². The van der Waals surface area contributed by atoms with Crippen LogP contribution in [0, 0.1) is 4.64 Å². The first-order valence-corrected chi connectivity index (χ1v) is 3.13. The summed E-state index contributed by atoms with van der Waals surface area (Å²) in [4.78, 5) is 2.70. The van der Waals surface area contributed by atoms with Gasteiger partial charge in [-0.25, -0.2) is 0 Å². The fourth-order valence-corrected chi connectivity index (χ4v) is 0.767. The summed E-state index contributed by atoms with van der Waals surface area (Å²) in [6, 6.07) is 3.33. The van der Waals surface area contributed by atoms with Crippen LogP contribution in [0.1, 0.15) is 0 Å². The Morgan fingerprint density at radius 1 is 1.56 bits per heavy atom. The van der Waals surface area contributed by atoms with Crippen LogP contribution in [0.4, 0.5) is 5.82 Å². The lowest BCUT2D eigenvalue weighted by Crippen LogP contribution is -1.88. The van der Waals surface area contributed by atoms with E-state index in [0.717, 1.165) is 0 Å². The Balaban J connectivity index is 3.34. The molecule has 2 nitrogen and oxygen atoms in total. The van der Waals surface area contributed by atoms with E-state index in [1.54, 1.807) is 12.1 Å². The predicted molar refractivity (Wildman–Crippen MR) is 41.0 cm³/mol. The number of nitrogens with two attached hydrogens (primary N) is 1. The van der Waals surface area contributed by atoms with Crippen LogP contribution in [0.3, 0.4) is 0 Å². The summed E-state index contributed by atoms with van der Waals surface area (Å²) >= 11 is 10.4. The van der Waals surface area contributed by atoms with Crippen molar-refractivity contribution in [1.82, 2.24) is 4.98 Å². The van der Waals surface area contributed by atoms with E-state index in [9.17, 15) is 0 Å². The second-order valence-corrected chi connectivity index (χ2v) is 2.41. The summed E-state index contributed by atoms with van der Waals surface area (Å²) < 4.78 is 0.483. The Kier molecular flexibility index (Phi) is 1.73. The molecular weight excluding hydrogens is 156 g/mol. The van der Waals surface area contributed by atoms with E-state index in [-0.39, 0.29) is 0 Å². The smallest absolute Gasteiger partial charge is 0.123 e. The normalized spacial score (nSPS) is 9.44. The third-order valence-electron chi connectivity index (χ3n) is 0.884. The molecule has 0 saturated carbocycles. The standard InChI is InChI=1S/C5H5ClN2S/c6-3-1-2-4(7)8-5(3)9/h1-2H,(H3,7,8,9). The van der Waals surface area contributed by atoms with Crippen LogP contribution in [0.5, 0.6) is 0 Å². The third kappa shape index (κ3) is 1.43. The Labute approximate surface area is 62.7 Å². The molecule has 1 rings (SSSR count). The topological polar surface area (TPSA) is 41.8 Å². The van der Waals surface area contributed by atoms with E-state index in [2.05, 4.69) is 4.98 Å². The highest BCUT2D eigenvalue weighted by atomic mass is 35.5. The van der Waals surface area contributed by atoms with Gasteiger partial charge < -0.3 is 10.7 Å². The highest BCUT2D eigenvalue weighted by Crippen LogP contribution is 2.09. The first kappa shape index (κ1) is 6.58. The van der Waals surface area contributed by atoms with Gasteiger partial charge in [0.25, 0.3) is 0 Å². The van der Waals surface area contributed by atoms with Crippen molar-refractivity contribution in [3.05, 3.63) is 21.8 Å². The number of hydrogen-bond acceptors (Lipinski definition) is 2. The minimum Gasteiger partial charge on any atom is -0.385 e. The number of hydrogen-bond donors (Lipinski definition) is 2. The largest absolute Gasteiger partial charge is 0.385 e. The van der Waals surface area contributed by atoms with Crippen LogP contribution in [0.25, 0.3) is 0 Å². The number of pyridine rings is 1. The van der Waals surface area contributed by atoms with E-state index in [1.807, 2.05) is 0 Å². The molecule has 0 atom stereocenters. The van der Waals surface area contributed by atoms with Gasteiger partial charge in [-0.15, -0.1) is 0 Å². The van der Waals surface area contributed by atoms with Gasteiger partial charge in [0, 0.05) is 0 Å². The number of nitrogen functional groups attached to an aromatic ring is 1. The summed E-state index contributed by atoms with van der Waals surface area (Å²) in [5.41, 5.74) is 5.35. The zero-order valence-electron chi connectivity index (χ0n) is 4.52. The Morgan fingerprint density at radius 2 is 2.22 bits per heavy atom. The van der Waals surface area contributed by atoms with Crippen molar-refractivity contribution >= 4 is 29.6 Å². The number of H-pyrrole nitrogens is 1. The molecule has 3 N–H and O–H groups in total. The van der Waals surface area contributed by atoms with Crippen LogP contribution in [0.2, 0.25) is 5.02 Å². The highest BCUT2D eigenvalue weighted by molar-refractivity contribution is 7.71. The Morgan fingerprint density at radius 3 is 2.67 bits per heavy atom. The molecule has 0 aliphatic carbocycles. The van der Waals surface area contributed by atoms with E-state index in [4.69, 9.17) is 29.6 Å². The number of nitrogens with one attached hydrogen (secondary N) is 1. The molecule has 0 radical (unpaired) electrons. The van der Waals surface area contributed by atoms with Crippen molar-refractivity contribution in [1.29, 1.82) is 0 Å². The molecule has 4 heteroatoms. The van der Waals surface area contributed by atoms with Gasteiger partial charge >= 0.3 is 0 Å². The highest BCUT2D eigenvalue weighted by Gasteiger charge is 1.88. The number of anilines is 1. The molecule has 9 heavy (non-hydrogen) atoms. The number of aromatic nitrogens is 1. The molecule has 1 heterocycles. The zero-order chi connectivity index (χ0) is 6.85. The van der Waals surface area contributed by atoms with E-state index < -0.39 is 0 Å². The molecule has 0 aromatic carbocycles. The predicted octanol–water partition coefficient (Wildman–Crippen LogP) is 1.98. The molecule has 48 valence electrons. The molecule has 0 spiro atoms. The van der Waals surface area contributed by atoms with Crippen molar-refractivity contribution in [3.63, 3.8) is 0 Å². The number of halogens is 1. The first-order chi connectivity index (χ1) is 4.20. The minimum absolute atomic E-state index is 0.483. The first-order valence-electron chi connectivity index (χ1n) is 2.34. The average molecular weight is 161 g/mol. The van der Waals surface area contributed by atoms with Gasteiger partial charge in [-0.2, -0.15) is 0 Å². The molecule has 0 amide bonds. The molecule has 0 unspecified atom stereocenters. The average Bonchev–Trinajstić information content (AvgIpc) is 1.80. The quantitative estimate of drug-likeness (QED) is 0.570. The molecule has 0 fully saturated rings. The van der Waals surface area contributed by atoms with Gasteiger partial charge in [0.1, 0.15) is 10.5 Å². The van der Waals surface area contributed by atoms with Crippen LogP contribution >= 0.6 is 23.8 Å². The summed E-state index contributed by atoms with van der Waals surface area (Å²) in [5.74, 6) is 0.532. The lowest BCUT2D eigenvalue weighted by molar-refractivity contribution is 1.31. The fraction of sp³-hybridized carbons (Fsp3) is 0. The monoisotopic (exact) mass is 160 g/mol. The maximum atomic E-state index is 5.59. The Bertz CT molecular complexity index is 268. The van der Waals surface area contributed by atoms with Gasteiger partial charge in [0.05, 0.1) is 5.02 Å². The molecular formula is C5H5ClN2S. The maximum absolute atomic E-state index is 5.59. The van der Waals surface area contributed by atoms with E-state index >= 15 is 0 Å². The number of aromatic amines is 1. The van der Waals surface area contributed by atoms with E-state index in [1.165, 1.54) is 0 Å². The molecule has 1 aromatic heterocycles. The van der Waals surface area contributed by atoms with Gasteiger partial charge in [0.15, 0.2) is 0 Å². The third-order valence-corrected chi connectivity index (χ3v) is 1.63. The van der Waals surface area contributed by atoms with Crippen molar-refractivity contribution < 1.29 is 0 Å². The Hall–Kier alpha value is -0.540. The summed E-state index contributed by atoms with van der Waals surface area (Å²) in [6.45, 7) is 0. The molecule has 0 aliphatic rings. The fourth-order valence-electron chi connectivity index (χ4n) is 0.471. The summed E-state index contributed by atoms with van der Waals surface area (Å²) in [5, 5.41) is 0.527. The van der Waals surface area contributed by atoms with Crippen molar-refractivity contribution in [3.8, 4) is 0 Å². The van der Waals surface area contributed by atoms with Gasteiger partial charge in [0.2, 0.25) is 0 Å². The lowest BCUT2D eigenvalue weighted by atomic mass is 10.5. The van der Waals surface area contributed by atoms with Gasteiger partial charge in [-0.3, -0.25) is 0 Å². The number of rotatable bonds is 0. The minimum atomic E-state index is 0.483. The van der Waals surface area contributed by atoms with Crippen LogP contribution in [0.15, 0.2) is 12.1 Å². The van der Waals surface area contributed by atoms with Gasteiger partial charge in [-0.05, 0) is 12.1 Å². The molecule has 0 bridgehead atoms. The van der Waals surface area contributed by atoms with Crippen molar-refractivity contribution in [2.45, 2.75) is 0 Å². The van der Waals surface area contributed by atoms with Gasteiger partial charge in [-0.1, -0.05) is 23.8 Å². The lowest BCUT2D eigenvalue weighted by Gasteiger charge is -1.91. The van der Waals surface area contributed by atoms with Crippen LogP contribution < -0.4 is 5.73 Å². The second-order valence-electron chi connectivity index (χ2n) is 1.59. The summed E-state index contributed by atoms with van der Waals surface area (Å²) in [7, 11) is 0. The SMILES string of the molecule is Nc1ccc(Cl)c(=S)[nH]1. The van der Waals surface area contributed by atoms with Crippen LogP contribution in [-0.2, 0) is 0 Å². The van der Waals surface area contributed by atoms with E-state index in [0.29, 0.717) is 15.5 Å². The molecule has 1 aromatic rings. The second kappa shape index (κ2) is 2.37. The molecule has 0 aliphatic heterocycles. The molecule has 0 saturated heterocycles. The van der Waals surface area contributed by atoms with Crippen molar-refractivity contribution in [2.75, 3.05) is 5.73 Å². The summed E-state index contributed by atoms with van der Waals surface area (Å²) in [6.07, 6.45) is 0. The zero-order valence-corrected chi connectivity index (χ0v) is 6.09. The van der Waals surface area contributed by atoms with Crippen molar-refractivity contribution in [2.24, 2.45) is 0 Å².